The lowest BCUT2D eigenvalue weighted by atomic mass is 10.1. The van der Waals surface area contributed by atoms with Gasteiger partial charge in [-0.05, 0) is 12.8 Å². The van der Waals surface area contributed by atoms with Gasteiger partial charge in [-0.2, -0.15) is 0 Å². The topological polar surface area (TPSA) is 26.0 Å². The lowest BCUT2D eigenvalue weighted by molar-refractivity contribution is 0.526. The van der Waals surface area contributed by atoms with Crippen molar-refractivity contribution in [1.29, 1.82) is 0 Å². The van der Waals surface area contributed by atoms with Crippen LogP contribution in [0.25, 0.3) is 0 Å². The first-order chi connectivity index (χ1) is 5.81. The Hall–Kier alpha value is 0.250. The Balaban J connectivity index is 0. The molecule has 2 N–H and O–H groups in total. The Kier molecular flexibility index (Phi) is 14.8. The van der Waals surface area contributed by atoms with E-state index in [0.717, 1.165) is 6.42 Å². The van der Waals surface area contributed by atoms with Gasteiger partial charge >= 0.3 is 0 Å². The van der Waals surface area contributed by atoms with Crippen LogP contribution < -0.4 is 5.73 Å². The Morgan fingerprint density at radius 1 is 0.923 bits per heavy atom. The first-order valence-electron chi connectivity index (χ1n) is 5.56. The number of rotatable bonds is 8. The molecule has 1 nitrogen and oxygen atoms in total. The fraction of sp³-hybridized carbons (Fsp3) is 1.00. The van der Waals surface area contributed by atoms with Gasteiger partial charge in [-0.3, -0.25) is 0 Å². The van der Waals surface area contributed by atoms with Crippen molar-refractivity contribution < 1.29 is 0 Å². The minimum absolute atomic E-state index is 0. The van der Waals surface area contributed by atoms with Crippen LogP contribution in [0.1, 0.15) is 65.2 Å². The summed E-state index contributed by atoms with van der Waals surface area (Å²) in [4.78, 5) is 0. The van der Waals surface area contributed by atoms with Gasteiger partial charge < -0.3 is 5.73 Å². The summed E-state index contributed by atoms with van der Waals surface area (Å²) < 4.78 is 0. The van der Waals surface area contributed by atoms with E-state index < -0.39 is 0 Å². The minimum atomic E-state index is 0. The standard InChI is InChI=1S/C11H25N.ClH/c1-3-5-6-7-8-9-10-11(12)4-2;/h11H,3-10,12H2,1-2H3;1H. The quantitative estimate of drug-likeness (QED) is 0.601. The zero-order valence-electron chi connectivity index (χ0n) is 9.22. The molecule has 0 fully saturated rings. The van der Waals surface area contributed by atoms with E-state index >= 15 is 0 Å². The van der Waals surface area contributed by atoms with E-state index in [2.05, 4.69) is 13.8 Å². The van der Waals surface area contributed by atoms with Crippen molar-refractivity contribution in [2.24, 2.45) is 5.73 Å². The summed E-state index contributed by atoms with van der Waals surface area (Å²) in [6.07, 6.45) is 10.6. The molecule has 13 heavy (non-hydrogen) atoms. The molecule has 0 aliphatic rings. The van der Waals surface area contributed by atoms with Gasteiger partial charge in [0.05, 0.1) is 0 Å². The monoisotopic (exact) mass is 207 g/mol. The highest BCUT2D eigenvalue weighted by Crippen LogP contribution is 2.08. The van der Waals surface area contributed by atoms with E-state index in [1.165, 1.54) is 44.9 Å². The molecule has 1 unspecified atom stereocenters. The van der Waals surface area contributed by atoms with Crippen molar-refractivity contribution in [3.63, 3.8) is 0 Å². The molecule has 0 aromatic heterocycles. The molecule has 0 aromatic carbocycles. The van der Waals surface area contributed by atoms with Crippen LogP contribution in [0.3, 0.4) is 0 Å². The third-order valence-electron chi connectivity index (χ3n) is 2.45. The molecule has 0 saturated heterocycles. The van der Waals surface area contributed by atoms with E-state index in [4.69, 9.17) is 5.73 Å². The summed E-state index contributed by atoms with van der Waals surface area (Å²) in [6, 6.07) is 0.455. The fourth-order valence-corrected chi connectivity index (χ4v) is 1.39. The largest absolute Gasteiger partial charge is 0.328 e. The highest BCUT2D eigenvalue weighted by molar-refractivity contribution is 5.85. The van der Waals surface area contributed by atoms with Gasteiger partial charge in [0.2, 0.25) is 0 Å². The maximum absolute atomic E-state index is 5.81. The summed E-state index contributed by atoms with van der Waals surface area (Å²) in [5, 5.41) is 0. The molecule has 0 aliphatic carbocycles. The number of hydrogen-bond acceptors (Lipinski definition) is 1. The predicted octanol–water partition coefficient (Wildman–Crippen LogP) is 3.90. The first kappa shape index (κ1) is 15.7. The van der Waals surface area contributed by atoms with E-state index in [0.29, 0.717) is 6.04 Å². The molecular weight excluding hydrogens is 182 g/mol. The number of nitrogens with two attached hydrogens (primary N) is 1. The first-order valence-corrected chi connectivity index (χ1v) is 5.56. The molecule has 0 aromatic rings. The third-order valence-corrected chi connectivity index (χ3v) is 2.45. The van der Waals surface area contributed by atoms with Gasteiger partial charge in [0.25, 0.3) is 0 Å². The summed E-state index contributed by atoms with van der Waals surface area (Å²) >= 11 is 0. The minimum Gasteiger partial charge on any atom is -0.328 e. The van der Waals surface area contributed by atoms with Crippen molar-refractivity contribution in [3.8, 4) is 0 Å². The summed E-state index contributed by atoms with van der Waals surface area (Å²) in [5.41, 5.74) is 5.81. The second kappa shape index (κ2) is 12.2. The van der Waals surface area contributed by atoms with Crippen LogP contribution in [0.15, 0.2) is 0 Å². The average Bonchev–Trinajstić information content (AvgIpc) is 2.10. The second-order valence-corrected chi connectivity index (χ2v) is 3.72. The lowest BCUT2D eigenvalue weighted by Crippen LogP contribution is -2.17. The SMILES string of the molecule is CCCCCCCCC(N)CC.Cl. The molecule has 1 atom stereocenters. The summed E-state index contributed by atoms with van der Waals surface area (Å²) in [5.74, 6) is 0. The van der Waals surface area contributed by atoms with Gasteiger partial charge in [-0.15, -0.1) is 12.4 Å². The molecule has 0 bridgehead atoms. The molecule has 0 radical (unpaired) electrons. The molecule has 0 spiro atoms. The van der Waals surface area contributed by atoms with Crippen LogP contribution in [0.2, 0.25) is 0 Å². The maximum atomic E-state index is 5.81. The molecule has 2 heteroatoms. The molecule has 0 aliphatic heterocycles. The van der Waals surface area contributed by atoms with Crippen molar-refractivity contribution in [2.45, 2.75) is 71.3 Å². The van der Waals surface area contributed by atoms with Crippen LogP contribution in [0.4, 0.5) is 0 Å². The molecular formula is C11H26ClN. The van der Waals surface area contributed by atoms with E-state index in [-0.39, 0.29) is 12.4 Å². The van der Waals surface area contributed by atoms with Crippen molar-refractivity contribution in [2.75, 3.05) is 0 Å². The Morgan fingerprint density at radius 2 is 1.46 bits per heavy atom. The smallest absolute Gasteiger partial charge is 0.00362 e. The number of hydrogen-bond donors (Lipinski definition) is 1. The van der Waals surface area contributed by atoms with Gasteiger partial charge in [0.15, 0.2) is 0 Å². The van der Waals surface area contributed by atoms with Crippen LogP contribution >= 0.6 is 12.4 Å². The zero-order valence-corrected chi connectivity index (χ0v) is 10.0. The highest BCUT2D eigenvalue weighted by Gasteiger charge is 1.97. The number of unbranched alkanes of at least 4 members (excludes halogenated alkanes) is 5. The molecule has 0 amide bonds. The Morgan fingerprint density at radius 3 is 2.00 bits per heavy atom. The molecule has 82 valence electrons. The van der Waals surface area contributed by atoms with Crippen molar-refractivity contribution in [1.82, 2.24) is 0 Å². The fourth-order valence-electron chi connectivity index (χ4n) is 1.39. The lowest BCUT2D eigenvalue weighted by Gasteiger charge is -2.07. The van der Waals surface area contributed by atoms with E-state index in [1.807, 2.05) is 0 Å². The molecule has 0 rings (SSSR count). The zero-order chi connectivity index (χ0) is 9.23. The van der Waals surface area contributed by atoms with Gasteiger partial charge in [-0.1, -0.05) is 52.4 Å². The second-order valence-electron chi connectivity index (χ2n) is 3.72. The van der Waals surface area contributed by atoms with E-state index in [9.17, 15) is 0 Å². The normalized spacial score (nSPS) is 12.2. The summed E-state index contributed by atoms with van der Waals surface area (Å²) in [6.45, 7) is 4.43. The predicted molar refractivity (Wildman–Crippen MR) is 63.5 cm³/mol. The van der Waals surface area contributed by atoms with Crippen LogP contribution in [-0.2, 0) is 0 Å². The third kappa shape index (κ3) is 12.2. The van der Waals surface area contributed by atoms with Crippen LogP contribution in [-0.4, -0.2) is 6.04 Å². The Labute approximate surface area is 89.9 Å². The van der Waals surface area contributed by atoms with Gasteiger partial charge in [-0.25, -0.2) is 0 Å². The van der Waals surface area contributed by atoms with Crippen LogP contribution in [0, 0.1) is 0 Å². The summed E-state index contributed by atoms with van der Waals surface area (Å²) in [7, 11) is 0. The maximum Gasteiger partial charge on any atom is 0.00362 e. The van der Waals surface area contributed by atoms with Crippen molar-refractivity contribution >= 4 is 12.4 Å². The van der Waals surface area contributed by atoms with Crippen molar-refractivity contribution in [3.05, 3.63) is 0 Å². The molecule has 0 heterocycles. The molecule has 0 saturated carbocycles. The average molecular weight is 208 g/mol. The number of halogens is 1. The van der Waals surface area contributed by atoms with Gasteiger partial charge in [0.1, 0.15) is 0 Å². The van der Waals surface area contributed by atoms with E-state index in [1.54, 1.807) is 0 Å². The Bertz CT molecular complexity index is 86.2. The van der Waals surface area contributed by atoms with Gasteiger partial charge in [0, 0.05) is 6.04 Å². The highest BCUT2D eigenvalue weighted by atomic mass is 35.5. The van der Waals surface area contributed by atoms with Crippen LogP contribution in [0.5, 0.6) is 0 Å².